The Morgan fingerprint density at radius 1 is 1.40 bits per heavy atom. The molecule has 1 aromatic carbocycles. The van der Waals surface area contributed by atoms with Gasteiger partial charge in [-0.15, -0.1) is 0 Å². The number of anilines is 1. The molecule has 1 heterocycles. The van der Waals surface area contributed by atoms with Crippen LogP contribution in [0.3, 0.4) is 0 Å². The third-order valence-electron chi connectivity index (χ3n) is 2.43. The highest BCUT2D eigenvalue weighted by Gasteiger charge is 2.17. The maximum atomic E-state index is 12.2. The third-order valence-corrected chi connectivity index (χ3v) is 3.76. The minimum atomic E-state index is -3.74. The van der Waals surface area contributed by atoms with Gasteiger partial charge in [-0.25, -0.2) is 13.1 Å². The summed E-state index contributed by atoms with van der Waals surface area (Å²) in [5.41, 5.74) is 0.777. The summed E-state index contributed by atoms with van der Waals surface area (Å²) in [5, 5.41) is 3.50. The van der Waals surface area contributed by atoms with Gasteiger partial charge in [-0.3, -0.25) is 0 Å². The number of nitrogens with one attached hydrogen (secondary N) is 1. The molecule has 0 saturated carbocycles. The van der Waals surface area contributed by atoms with Gasteiger partial charge in [-0.05, 0) is 29.8 Å². The van der Waals surface area contributed by atoms with E-state index in [0.717, 1.165) is 5.56 Å². The molecule has 2 aromatic rings. The molecule has 0 aliphatic heterocycles. The fraction of sp³-hybridized carbons (Fsp3) is 0.333. The van der Waals surface area contributed by atoms with Crippen LogP contribution in [-0.4, -0.2) is 25.2 Å². The lowest BCUT2D eigenvalue weighted by molar-refractivity contribution is 0.134. The molecule has 0 aliphatic rings. The van der Waals surface area contributed by atoms with Crippen molar-refractivity contribution in [2.24, 2.45) is 0 Å². The normalized spacial score (nSPS) is 11.5. The second kappa shape index (κ2) is 6.02. The lowest BCUT2D eigenvalue weighted by Gasteiger charge is -2.06. The average Bonchev–Trinajstić information content (AvgIpc) is 2.81. The number of ether oxygens (including phenoxy) is 1. The number of nitrogens with zero attached hydrogens (tertiary/aromatic N) is 2. The molecule has 0 atom stereocenters. The molecule has 0 saturated heterocycles. The molecule has 0 radical (unpaired) electrons. The van der Waals surface area contributed by atoms with Gasteiger partial charge >= 0.3 is 0 Å². The minimum absolute atomic E-state index is 0.0855. The molecule has 0 bridgehead atoms. The van der Waals surface area contributed by atoms with Gasteiger partial charge in [0.15, 0.2) is 0 Å². The Kier molecular flexibility index (Phi) is 4.35. The van der Waals surface area contributed by atoms with Gasteiger partial charge in [-0.2, -0.15) is 4.98 Å². The van der Waals surface area contributed by atoms with E-state index in [-0.39, 0.29) is 16.7 Å². The van der Waals surface area contributed by atoms with Gasteiger partial charge < -0.3 is 9.26 Å². The van der Waals surface area contributed by atoms with Gasteiger partial charge in [0.2, 0.25) is 5.89 Å². The summed E-state index contributed by atoms with van der Waals surface area (Å²) < 4.78 is 36.5. The van der Waals surface area contributed by atoms with Crippen LogP contribution in [0.25, 0.3) is 0 Å². The molecule has 7 nitrogen and oxygen atoms in total. The summed E-state index contributed by atoms with van der Waals surface area (Å²) in [7, 11) is -3.74. The van der Waals surface area contributed by atoms with Gasteiger partial charge in [0, 0.05) is 13.5 Å². The fourth-order valence-electron chi connectivity index (χ4n) is 1.54. The fourth-order valence-corrected chi connectivity index (χ4v) is 2.55. The maximum absolute atomic E-state index is 12.2. The lowest BCUT2D eigenvalue weighted by Crippen LogP contribution is -2.14. The van der Waals surface area contributed by atoms with Crippen LogP contribution >= 0.6 is 0 Å². The first-order chi connectivity index (χ1) is 9.51. The first-order valence-corrected chi connectivity index (χ1v) is 7.49. The highest BCUT2D eigenvalue weighted by atomic mass is 32.2. The van der Waals surface area contributed by atoms with Gasteiger partial charge in [0.1, 0.15) is 0 Å². The van der Waals surface area contributed by atoms with E-state index in [1.165, 1.54) is 6.07 Å². The monoisotopic (exact) mass is 297 g/mol. The molecule has 8 heteroatoms. The second-order valence-corrected chi connectivity index (χ2v) is 5.71. The van der Waals surface area contributed by atoms with Crippen molar-refractivity contribution in [2.75, 3.05) is 11.3 Å². The molecule has 1 N–H and O–H groups in total. The second-order valence-electron chi connectivity index (χ2n) is 4.03. The van der Waals surface area contributed by atoms with E-state index in [0.29, 0.717) is 13.2 Å². The topological polar surface area (TPSA) is 94.3 Å². The molecule has 108 valence electrons. The van der Waals surface area contributed by atoms with E-state index in [9.17, 15) is 8.42 Å². The van der Waals surface area contributed by atoms with Crippen LogP contribution in [0.5, 0.6) is 0 Å². The number of hydrogen-bond donors (Lipinski definition) is 1. The van der Waals surface area contributed by atoms with Crippen LogP contribution in [0, 0.1) is 6.92 Å². The lowest BCUT2D eigenvalue weighted by atomic mass is 10.2. The molecule has 0 amide bonds. The van der Waals surface area contributed by atoms with Gasteiger partial charge in [0.25, 0.3) is 16.0 Å². The van der Waals surface area contributed by atoms with Crippen molar-refractivity contribution >= 4 is 16.0 Å². The molecular weight excluding hydrogens is 282 g/mol. The summed E-state index contributed by atoms with van der Waals surface area (Å²) >= 11 is 0. The number of hydrogen-bond acceptors (Lipinski definition) is 6. The zero-order valence-electron chi connectivity index (χ0n) is 11.2. The Morgan fingerprint density at radius 3 is 2.85 bits per heavy atom. The first-order valence-electron chi connectivity index (χ1n) is 6.01. The van der Waals surface area contributed by atoms with Crippen LogP contribution in [0.1, 0.15) is 18.4 Å². The Morgan fingerprint density at radius 2 is 2.20 bits per heavy atom. The molecule has 0 spiro atoms. The van der Waals surface area contributed by atoms with Crippen LogP contribution in [-0.2, 0) is 21.4 Å². The van der Waals surface area contributed by atoms with Crippen molar-refractivity contribution in [3.63, 3.8) is 0 Å². The molecule has 0 aliphatic carbocycles. The SMILES string of the molecule is CCOCc1cccc(S(=O)(=O)Nc2noc(C)n2)c1. The van der Waals surface area contributed by atoms with Crippen molar-refractivity contribution in [1.82, 2.24) is 10.1 Å². The van der Waals surface area contributed by atoms with E-state index in [2.05, 4.69) is 14.9 Å². The Labute approximate surface area is 117 Å². The van der Waals surface area contributed by atoms with Crippen molar-refractivity contribution in [2.45, 2.75) is 25.3 Å². The van der Waals surface area contributed by atoms with Gasteiger partial charge in [0.05, 0.1) is 11.5 Å². The molecule has 20 heavy (non-hydrogen) atoms. The van der Waals surface area contributed by atoms with Crippen molar-refractivity contribution in [1.29, 1.82) is 0 Å². The van der Waals surface area contributed by atoms with E-state index < -0.39 is 10.0 Å². The summed E-state index contributed by atoms with van der Waals surface area (Å²) in [4.78, 5) is 3.92. The molecule has 2 rings (SSSR count). The number of aryl methyl sites for hydroxylation is 1. The predicted octanol–water partition coefficient (Wildman–Crippen LogP) is 1.72. The summed E-state index contributed by atoms with van der Waals surface area (Å²) in [6, 6.07) is 6.49. The zero-order valence-corrected chi connectivity index (χ0v) is 12.0. The highest BCUT2D eigenvalue weighted by molar-refractivity contribution is 7.92. The highest BCUT2D eigenvalue weighted by Crippen LogP contribution is 2.15. The van der Waals surface area contributed by atoms with Crippen LogP contribution in [0.4, 0.5) is 5.95 Å². The van der Waals surface area contributed by atoms with E-state index in [1.54, 1.807) is 25.1 Å². The molecular formula is C12H15N3O4S. The van der Waals surface area contributed by atoms with Crippen LogP contribution in [0.2, 0.25) is 0 Å². The number of benzene rings is 1. The quantitative estimate of drug-likeness (QED) is 0.872. The number of rotatable bonds is 6. The van der Waals surface area contributed by atoms with Crippen LogP contribution < -0.4 is 4.72 Å². The van der Waals surface area contributed by atoms with Crippen LogP contribution in [0.15, 0.2) is 33.7 Å². The van der Waals surface area contributed by atoms with Crippen molar-refractivity contribution < 1.29 is 17.7 Å². The summed E-state index contributed by atoms with van der Waals surface area (Å²) in [6.07, 6.45) is 0. The van der Waals surface area contributed by atoms with E-state index in [1.807, 2.05) is 6.92 Å². The number of sulfonamides is 1. The first kappa shape index (κ1) is 14.5. The smallest absolute Gasteiger partial charge is 0.277 e. The van der Waals surface area contributed by atoms with Crippen molar-refractivity contribution in [3.8, 4) is 0 Å². The molecule has 0 unspecified atom stereocenters. The standard InChI is InChI=1S/C12H15N3O4S/c1-3-18-8-10-5-4-6-11(7-10)20(16,17)15-12-13-9(2)19-14-12/h4-7H,3,8H2,1-2H3,(H,14,15). The number of aromatic nitrogens is 2. The molecule has 1 aromatic heterocycles. The van der Waals surface area contributed by atoms with Crippen molar-refractivity contribution in [3.05, 3.63) is 35.7 Å². The maximum Gasteiger partial charge on any atom is 0.277 e. The predicted molar refractivity (Wildman–Crippen MR) is 71.6 cm³/mol. The Bertz CT molecular complexity index is 682. The van der Waals surface area contributed by atoms with E-state index >= 15 is 0 Å². The minimum Gasteiger partial charge on any atom is -0.377 e. The summed E-state index contributed by atoms with van der Waals surface area (Å²) in [5.74, 6) is 0.200. The average molecular weight is 297 g/mol. The Hall–Kier alpha value is -1.93. The third kappa shape index (κ3) is 3.55. The Balaban J connectivity index is 2.20. The zero-order chi connectivity index (χ0) is 14.6. The summed E-state index contributed by atoms with van der Waals surface area (Å²) in [6.45, 7) is 4.38. The van der Waals surface area contributed by atoms with E-state index in [4.69, 9.17) is 9.26 Å². The van der Waals surface area contributed by atoms with Gasteiger partial charge in [-0.1, -0.05) is 12.1 Å². The molecule has 0 fully saturated rings. The largest absolute Gasteiger partial charge is 0.377 e.